The molecule has 112 valence electrons. The highest BCUT2D eigenvalue weighted by Crippen LogP contribution is 2.34. The zero-order valence-electron chi connectivity index (χ0n) is 12.1. The summed E-state index contributed by atoms with van der Waals surface area (Å²) in [7, 11) is 3.28. The molecular weight excluding hydrogens is 322 g/mol. The molecule has 1 N–H and O–H groups in total. The Balaban J connectivity index is 2.19. The summed E-state index contributed by atoms with van der Waals surface area (Å²) in [6, 6.07) is 4.21. The van der Waals surface area contributed by atoms with Crippen LogP contribution in [0.5, 0.6) is 11.5 Å². The third-order valence-corrected chi connectivity index (χ3v) is 4.62. The summed E-state index contributed by atoms with van der Waals surface area (Å²) < 4.78 is 11.7. The zero-order chi connectivity index (χ0) is 14.5. The molecule has 1 atom stereocenters. The van der Waals surface area contributed by atoms with Gasteiger partial charge in [0, 0.05) is 17.1 Å². The molecular formula is C15H22BrNO3. The Morgan fingerprint density at radius 3 is 2.60 bits per heavy atom. The van der Waals surface area contributed by atoms with Crippen molar-refractivity contribution in [1.82, 2.24) is 4.90 Å². The molecule has 0 radical (unpaired) electrons. The molecule has 1 aromatic rings. The lowest BCUT2D eigenvalue weighted by Crippen LogP contribution is -2.41. The van der Waals surface area contributed by atoms with E-state index in [0.717, 1.165) is 41.0 Å². The van der Waals surface area contributed by atoms with Gasteiger partial charge in [-0.05, 0) is 37.1 Å². The van der Waals surface area contributed by atoms with Crippen LogP contribution in [0.25, 0.3) is 0 Å². The molecule has 0 bridgehead atoms. The number of aliphatic hydroxyl groups excluding tert-OH is 1. The van der Waals surface area contributed by atoms with E-state index in [-0.39, 0.29) is 12.6 Å². The van der Waals surface area contributed by atoms with Crippen LogP contribution in [0.4, 0.5) is 0 Å². The topological polar surface area (TPSA) is 41.9 Å². The van der Waals surface area contributed by atoms with Crippen molar-refractivity contribution in [2.45, 2.75) is 31.8 Å². The van der Waals surface area contributed by atoms with Crippen molar-refractivity contribution in [2.24, 2.45) is 0 Å². The number of hydrogen-bond acceptors (Lipinski definition) is 4. The summed E-state index contributed by atoms with van der Waals surface area (Å²) >= 11 is 3.60. The Morgan fingerprint density at radius 1 is 1.25 bits per heavy atom. The summed E-state index contributed by atoms with van der Waals surface area (Å²) in [6.45, 7) is 2.07. The third kappa shape index (κ3) is 3.45. The number of halogens is 1. The van der Waals surface area contributed by atoms with Gasteiger partial charge < -0.3 is 14.6 Å². The van der Waals surface area contributed by atoms with Crippen LogP contribution in [0.1, 0.15) is 24.8 Å². The first kappa shape index (κ1) is 15.6. The Kier molecular flexibility index (Phi) is 5.69. The van der Waals surface area contributed by atoms with Crippen molar-refractivity contribution >= 4 is 15.9 Å². The maximum absolute atomic E-state index is 9.49. The molecule has 1 saturated heterocycles. The van der Waals surface area contributed by atoms with Crippen LogP contribution in [-0.4, -0.2) is 43.4 Å². The summed E-state index contributed by atoms with van der Waals surface area (Å²) in [4.78, 5) is 2.34. The molecule has 0 spiro atoms. The normalized spacial score (nSPS) is 19.9. The first-order valence-corrected chi connectivity index (χ1v) is 7.74. The lowest BCUT2D eigenvalue weighted by Gasteiger charge is -2.34. The predicted octanol–water partition coefficient (Wildman–Crippen LogP) is 2.81. The van der Waals surface area contributed by atoms with Gasteiger partial charge in [-0.15, -0.1) is 0 Å². The fourth-order valence-corrected chi connectivity index (χ4v) is 3.16. The molecule has 0 aliphatic carbocycles. The lowest BCUT2D eigenvalue weighted by molar-refractivity contribution is 0.0839. The quantitative estimate of drug-likeness (QED) is 0.892. The minimum absolute atomic E-state index is 0.227. The zero-order valence-corrected chi connectivity index (χ0v) is 13.6. The molecule has 20 heavy (non-hydrogen) atoms. The number of ether oxygens (including phenoxy) is 2. The second kappa shape index (κ2) is 7.29. The number of aliphatic hydroxyl groups is 1. The molecule has 1 aliphatic rings. The van der Waals surface area contributed by atoms with E-state index < -0.39 is 0 Å². The van der Waals surface area contributed by atoms with Gasteiger partial charge in [0.2, 0.25) is 0 Å². The predicted molar refractivity (Wildman–Crippen MR) is 82.4 cm³/mol. The van der Waals surface area contributed by atoms with Gasteiger partial charge in [0.05, 0.1) is 20.8 Å². The van der Waals surface area contributed by atoms with Crippen molar-refractivity contribution in [3.8, 4) is 11.5 Å². The SMILES string of the molecule is COc1cc(Br)c(CN2CCCCC2CO)cc1OC. The van der Waals surface area contributed by atoms with E-state index in [4.69, 9.17) is 9.47 Å². The number of rotatable bonds is 5. The number of hydrogen-bond donors (Lipinski definition) is 1. The van der Waals surface area contributed by atoms with E-state index in [1.165, 1.54) is 12.8 Å². The second-order valence-corrected chi connectivity index (χ2v) is 5.96. The van der Waals surface area contributed by atoms with Crippen molar-refractivity contribution in [3.63, 3.8) is 0 Å². The monoisotopic (exact) mass is 343 g/mol. The Bertz CT molecular complexity index is 453. The van der Waals surface area contributed by atoms with E-state index in [1.807, 2.05) is 12.1 Å². The molecule has 2 rings (SSSR count). The first-order chi connectivity index (χ1) is 9.69. The van der Waals surface area contributed by atoms with E-state index in [2.05, 4.69) is 20.8 Å². The second-order valence-electron chi connectivity index (χ2n) is 5.10. The smallest absolute Gasteiger partial charge is 0.161 e. The van der Waals surface area contributed by atoms with Gasteiger partial charge in [0.15, 0.2) is 11.5 Å². The van der Waals surface area contributed by atoms with E-state index in [0.29, 0.717) is 0 Å². The molecule has 0 amide bonds. The summed E-state index contributed by atoms with van der Waals surface area (Å²) in [5, 5.41) is 9.49. The van der Waals surface area contributed by atoms with Crippen LogP contribution in [-0.2, 0) is 6.54 Å². The number of piperidine rings is 1. The van der Waals surface area contributed by atoms with E-state index in [1.54, 1.807) is 14.2 Å². The molecule has 4 nitrogen and oxygen atoms in total. The maximum atomic E-state index is 9.49. The average molecular weight is 344 g/mol. The minimum atomic E-state index is 0.227. The number of nitrogens with zero attached hydrogens (tertiary/aromatic N) is 1. The Hall–Kier alpha value is -0.780. The fraction of sp³-hybridized carbons (Fsp3) is 0.600. The molecule has 1 unspecified atom stereocenters. The van der Waals surface area contributed by atoms with Gasteiger partial charge >= 0.3 is 0 Å². The van der Waals surface area contributed by atoms with Crippen molar-refractivity contribution in [3.05, 3.63) is 22.2 Å². The number of benzene rings is 1. The molecule has 5 heteroatoms. The van der Waals surface area contributed by atoms with Gasteiger partial charge in [-0.1, -0.05) is 22.4 Å². The fourth-order valence-electron chi connectivity index (χ4n) is 2.71. The standard InChI is InChI=1S/C15H22BrNO3/c1-19-14-7-11(13(16)8-15(14)20-2)9-17-6-4-3-5-12(17)10-18/h7-8,12,18H,3-6,9-10H2,1-2H3. The Morgan fingerprint density at radius 2 is 1.95 bits per heavy atom. The maximum Gasteiger partial charge on any atom is 0.161 e. The van der Waals surface area contributed by atoms with E-state index in [9.17, 15) is 5.11 Å². The molecule has 1 heterocycles. The van der Waals surface area contributed by atoms with Crippen LogP contribution in [0.2, 0.25) is 0 Å². The first-order valence-electron chi connectivity index (χ1n) is 6.95. The number of likely N-dealkylation sites (tertiary alicyclic amines) is 1. The largest absolute Gasteiger partial charge is 0.493 e. The Labute approximate surface area is 128 Å². The van der Waals surface area contributed by atoms with Gasteiger partial charge in [-0.25, -0.2) is 0 Å². The van der Waals surface area contributed by atoms with Gasteiger partial charge in [-0.3, -0.25) is 4.90 Å². The van der Waals surface area contributed by atoms with Crippen LogP contribution < -0.4 is 9.47 Å². The lowest BCUT2D eigenvalue weighted by atomic mass is 10.0. The van der Waals surface area contributed by atoms with E-state index >= 15 is 0 Å². The van der Waals surface area contributed by atoms with Crippen LogP contribution in [0, 0.1) is 0 Å². The highest BCUT2D eigenvalue weighted by atomic mass is 79.9. The van der Waals surface area contributed by atoms with Gasteiger partial charge in [-0.2, -0.15) is 0 Å². The summed E-state index contributed by atoms with van der Waals surface area (Å²) in [5.74, 6) is 1.46. The van der Waals surface area contributed by atoms with Crippen LogP contribution in [0.15, 0.2) is 16.6 Å². The molecule has 1 aliphatic heterocycles. The third-order valence-electron chi connectivity index (χ3n) is 3.89. The van der Waals surface area contributed by atoms with Crippen molar-refractivity contribution in [1.29, 1.82) is 0 Å². The molecule has 0 saturated carbocycles. The summed E-state index contributed by atoms with van der Waals surface area (Å²) in [5.41, 5.74) is 1.16. The van der Waals surface area contributed by atoms with Crippen molar-refractivity contribution in [2.75, 3.05) is 27.4 Å². The highest BCUT2D eigenvalue weighted by Gasteiger charge is 2.22. The molecule has 0 aromatic heterocycles. The number of methoxy groups -OCH3 is 2. The van der Waals surface area contributed by atoms with Crippen LogP contribution in [0.3, 0.4) is 0 Å². The molecule has 1 fully saturated rings. The summed E-state index contributed by atoms with van der Waals surface area (Å²) in [6.07, 6.45) is 3.47. The van der Waals surface area contributed by atoms with Gasteiger partial charge in [0.25, 0.3) is 0 Å². The van der Waals surface area contributed by atoms with Gasteiger partial charge in [0.1, 0.15) is 0 Å². The van der Waals surface area contributed by atoms with Crippen LogP contribution >= 0.6 is 15.9 Å². The minimum Gasteiger partial charge on any atom is -0.493 e. The average Bonchev–Trinajstić information content (AvgIpc) is 2.49. The van der Waals surface area contributed by atoms with Crippen molar-refractivity contribution < 1.29 is 14.6 Å². The highest BCUT2D eigenvalue weighted by molar-refractivity contribution is 9.10. The molecule has 1 aromatic carbocycles.